The van der Waals surface area contributed by atoms with Crippen molar-refractivity contribution in [3.8, 4) is 11.5 Å². The van der Waals surface area contributed by atoms with E-state index in [1.807, 2.05) is 0 Å². The van der Waals surface area contributed by atoms with Crippen LogP contribution in [0.25, 0.3) is 0 Å². The Labute approximate surface area is 115 Å². The van der Waals surface area contributed by atoms with Gasteiger partial charge in [0, 0.05) is 19.3 Å². The van der Waals surface area contributed by atoms with Crippen LogP contribution in [0.3, 0.4) is 0 Å². The van der Waals surface area contributed by atoms with E-state index in [2.05, 4.69) is 9.82 Å². The van der Waals surface area contributed by atoms with Gasteiger partial charge >= 0.3 is 0 Å². The second-order valence-electron chi connectivity index (χ2n) is 4.23. The van der Waals surface area contributed by atoms with Gasteiger partial charge in [-0.25, -0.2) is 8.42 Å². The molecule has 2 aromatic rings. The molecule has 1 aliphatic rings. The van der Waals surface area contributed by atoms with Crippen LogP contribution in [0, 0.1) is 0 Å². The second kappa shape index (κ2) is 4.30. The fourth-order valence-electron chi connectivity index (χ4n) is 1.86. The first-order valence-electron chi connectivity index (χ1n) is 5.67. The molecule has 0 amide bonds. The molecule has 0 unspecified atom stereocenters. The zero-order valence-corrected chi connectivity index (χ0v) is 11.3. The molecular formula is C11H12N4O4S. The number of hydrogen-bond donors (Lipinski definition) is 2. The van der Waals surface area contributed by atoms with Crippen molar-refractivity contribution in [3.63, 3.8) is 0 Å². The largest absolute Gasteiger partial charge is 0.454 e. The monoisotopic (exact) mass is 296 g/mol. The molecule has 2 heterocycles. The van der Waals surface area contributed by atoms with Crippen molar-refractivity contribution < 1.29 is 17.9 Å². The van der Waals surface area contributed by atoms with E-state index in [9.17, 15) is 8.42 Å². The highest BCUT2D eigenvalue weighted by molar-refractivity contribution is 7.92. The van der Waals surface area contributed by atoms with Crippen molar-refractivity contribution in [1.82, 2.24) is 9.78 Å². The standard InChI is InChI=1S/C11H12N4O4S/c1-15-5-10(11(12)13-15)20(16,17)14-7-2-3-8-9(4-7)19-6-18-8/h2-5,14H,6H2,1H3,(H2,12,13). The van der Waals surface area contributed by atoms with Gasteiger partial charge in [-0.3, -0.25) is 9.40 Å². The summed E-state index contributed by atoms with van der Waals surface area (Å²) in [5.41, 5.74) is 5.93. The zero-order chi connectivity index (χ0) is 14.3. The predicted molar refractivity (Wildman–Crippen MR) is 71.0 cm³/mol. The average molecular weight is 296 g/mol. The lowest BCUT2D eigenvalue weighted by atomic mass is 10.3. The molecule has 0 fully saturated rings. The maximum Gasteiger partial charge on any atom is 0.267 e. The topological polar surface area (TPSA) is 108 Å². The summed E-state index contributed by atoms with van der Waals surface area (Å²) in [4.78, 5) is -0.0716. The molecule has 0 bridgehead atoms. The molecule has 8 nitrogen and oxygen atoms in total. The van der Waals surface area contributed by atoms with Crippen LogP contribution in [-0.4, -0.2) is 25.0 Å². The Bertz CT molecular complexity index is 769. The minimum atomic E-state index is -3.80. The zero-order valence-electron chi connectivity index (χ0n) is 10.5. The third kappa shape index (κ3) is 2.11. The molecule has 0 atom stereocenters. The molecule has 106 valence electrons. The Balaban J connectivity index is 1.92. The SMILES string of the molecule is Cn1cc(S(=O)(=O)Nc2ccc3c(c2)OCO3)c(N)n1. The van der Waals surface area contributed by atoms with E-state index in [1.54, 1.807) is 25.2 Å². The first-order chi connectivity index (χ1) is 9.45. The highest BCUT2D eigenvalue weighted by Gasteiger charge is 2.22. The van der Waals surface area contributed by atoms with Crippen molar-refractivity contribution in [3.05, 3.63) is 24.4 Å². The van der Waals surface area contributed by atoms with Crippen LogP contribution in [0.2, 0.25) is 0 Å². The number of nitrogens with zero attached hydrogens (tertiary/aromatic N) is 2. The Morgan fingerprint density at radius 3 is 2.80 bits per heavy atom. The first-order valence-corrected chi connectivity index (χ1v) is 7.15. The van der Waals surface area contributed by atoms with Crippen LogP contribution < -0.4 is 19.9 Å². The summed E-state index contributed by atoms with van der Waals surface area (Å²) in [5.74, 6) is 1.01. The molecule has 3 rings (SSSR count). The fraction of sp³-hybridized carbons (Fsp3) is 0.182. The summed E-state index contributed by atoms with van der Waals surface area (Å²) >= 11 is 0. The normalized spacial score (nSPS) is 13.4. The molecule has 0 spiro atoms. The lowest BCUT2D eigenvalue weighted by Gasteiger charge is -2.07. The summed E-state index contributed by atoms with van der Waals surface area (Å²) in [6.45, 7) is 0.126. The van der Waals surface area contributed by atoms with Gasteiger partial charge in [0.25, 0.3) is 10.0 Å². The molecule has 1 aliphatic heterocycles. The number of ether oxygens (including phenoxy) is 2. The highest BCUT2D eigenvalue weighted by Crippen LogP contribution is 2.35. The number of nitrogen functional groups attached to an aromatic ring is 1. The van der Waals surface area contributed by atoms with Gasteiger partial charge in [-0.2, -0.15) is 5.10 Å². The summed E-state index contributed by atoms with van der Waals surface area (Å²) in [5, 5.41) is 3.81. The van der Waals surface area contributed by atoms with E-state index in [0.717, 1.165) is 0 Å². The molecular weight excluding hydrogens is 284 g/mol. The van der Waals surface area contributed by atoms with Crippen LogP contribution in [-0.2, 0) is 17.1 Å². The third-order valence-corrected chi connectivity index (χ3v) is 4.13. The van der Waals surface area contributed by atoms with Crippen LogP contribution in [0.5, 0.6) is 11.5 Å². The summed E-state index contributed by atoms with van der Waals surface area (Å²) in [6.07, 6.45) is 1.34. The number of fused-ring (bicyclic) bond motifs is 1. The molecule has 3 N–H and O–H groups in total. The van der Waals surface area contributed by atoms with Crippen molar-refractivity contribution in [2.75, 3.05) is 17.2 Å². The van der Waals surface area contributed by atoms with Gasteiger partial charge in [0.2, 0.25) is 6.79 Å². The summed E-state index contributed by atoms with van der Waals surface area (Å²) < 4.78 is 38.5. The van der Waals surface area contributed by atoms with E-state index in [4.69, 9.17) is 15.2 Å². The highest BCUT2D eigenvalue weighted by atomic mass is 32.2. The van der Waals surface area contributed by atoms with Gasteiger partial charge in [-0.05, 0) is 12.1 Å². The van der Waals surface area contributed by atoms with E-state index >= 15 is 0 Å². The predicted octanol–water partition coefficient (Wildman–Crippen LogP) is 0.532. The smallest absolute Gasteiger partial charge is 0.267 e. The van der Waals surface area contributed by atoms with E-state index in [-0.39, 0.29) is 17.5 Å². The van der Waals surface area contributed by atoms with Crippen LogP contribution in [0.4, 0.5) is 11.5 Å². The molecule has 9 heteroatoms. The van der Waals surface area contributed by atoms with Crippen molar-refractivity contribution in [2.24, 2.45) is 7.05 Å². The fourth-order valence-corrected chi connectivity index (χ4v) is 3.02. The number of hydrogen-bond acceptors (Lipinski definition) is 6. The lowest BCUT2D eigenvalue weighted by Crippen LogP contribution is -2.13. The van der Waals surface area contributed by atoms with Crippen LogP contribution in [0.15, 0.2) is 29.3 Å². The van der Waals surface area contributed by atoms with Gasteiger partial charge in [0.05, 0.1) is 5.69 Å². The number of aryl methyl sites for hydroxylation is 1. The van der Waals surface area contributed by atoms with Crippen molar-refractivity contribution >= 4 is 21.5 Å². The Morgan fingerprint density at radius 1 is 1.35 bits per heavy atom. The number of sulfonamides is 1. The molecule has 0 saturated heterocycles. The van der Waals surface area contributed by atoms with Gasteiger partial charge in [-0.15, -0.1) is 0 Å². The molecule has 0 radical (unpaired) electrons. The lowest BCUT2D eigenvalue weighted by molar-refractivity contribution is 0.174. The summed E-state index contributed by atoms with van der Waals surface area (Å²) in [7, 11) is -2.20. The van der Waals surface area contributed by atoms with Gasteiger partial charge < -0.3 is 15.2 Å². The number of anilines is 2. The molecule has 0 aliphatic carbocycles. The number of benzene rings is 1. The van der Waals surface area contributed by atoms with Crippen LogP contribution >= 0.6 is 0 Å². The number of nitrogens with two attached hydrogens (primary N) is 1. The minimum Gasteiger partial charge on any atom is -0.454 e. The molecule has 1 aromatic heterocycles. The third-order valence-electron chi connectivity index (χ3n) is 2.74. The number of aromatic nitrogens is 2. The average Bonchev–Trinajstić information content (AvgIpc) is 2.94. The van der Waals surface area contributed by atoms with E-state index in [0.29, 0.717) is 17.2 Å². The van der Waals surface area contributed by atoms with E-state index in [1.165, 1.54) is 10.9 Å². The van der Waals surface area contributed by atoms with Crippen molar-refractivity contribution in [2.45, 2.75) is 4.90 Å². The van der Waals surface area contributed by atoms with Gasteiger partial charge in [0.15, 0.2) is 17.3 Å². The van der Waals surface area contributed by atoms with Crippen LogP contribution in [0.1, 0.15) is 0 Å². The molecule has 0 saturated carbocycles. The maximum atomic E-state index is 12.2. The Morgan fingerprint density at radius 2 is 2.10 bits per heavy atom. The first kappa shape index (κ1) is 12.6. The number of nitrogens with one attached hydrogen (secondary N) is 1. The Hall–Kier alpha value is -2.42. The van der Waals surface area contributed by atoms with Gasteiger partial charge in [0.1, 0.15) is 4.90 Å². The Kier molecular flexibility index (Phi) is 2.71. The quantitative estimate of drug-likeness (QED) is 0.855. The van der Waals surface area contributed by atoms with E-state index < -0.39 is 10.0 Å². The minimum absolute atomic E-state index is 0.0549. The maximum absolute atomic E-state index is 12.2. The summed E-state index contributed by atoms with van der Waals surface area (Å²) in [6, 6.07) is 4.76. The number of rotatable bonds is 3. The van der Waals surface area contributed by atoms with Gasteiger partial charge in [-0.1, -0.05) is 0 Å². The molecule has 1 aromatic carbocycles. The van der Waals surface area contributed by atoms with Crippen molar-refractivity contribution in [1.29, 1.82) is 0 Å². The molecule has 20 heavy (non-hydrogen) atoms. The second-order valence-corrected chi connectivity index (χ2v) is 5.88.